The van der Waals surface area contributed by atoms with Crippen molar-refractivity contribution < 1.29 is 4.74 Å². The van der Waals surface area contributed by atoms with E-state index in [4.69, 9.17) is 14.7 Å². The Balaban J connectivity index is 1.50. The van der Waals surface area contributed by atoms with Gasteiger partial charge >= 0.3 is 0 Å². The van der Waals surface area contributed by atoms with Crippen molar-refractivity contribution in [1.29, 1.82) is 0 Å². The molecule has 37 heavy (non-hydrogen) atoms. The van der Waals surface area contributed by atoms with E-state index < -0.39 is 0 Å². The van der Waals surface area contributed by atoms with E-state index in [1.54, 1.807) is 9.25 Å². The standard InChI is InChI=1S/C28H27N7O2/c1-17(2)16-37-27-22-12-19(20-13-29-33(4)14-20)9-10-23(22)30-25(31-27)15-34-26-11-18(3)32-35(26)24-8-6-5-7-21(24)28(34)36/h5-14,17H,15-16H2,1-4H3. The summed E-state index contributed by atoms with van der Waals surface area (Å²) in [5.41, 5.74) is 4.96. The third-order valence-corrected chi connectivity index (χ3v) is 6.30. The number of hydrogen-bond donors (Lipinski definition) is 0. The van der Waals surface area contributed by atoms with Gasteiger partial charge in [0, 0.05) is 24.9 Å². The van der Waals surface area contributed by atoms with Gasteiger partial charge < -0.3 is 4.74 Å². The molecule has 0 aliphatic rings. The van der Waals surface area contributed by atoms with Crippen LogP contribution in [0, 0.1) is 12.8 Å². The molecule has 0 bridgehead atoms. The number of aryl methyl sites for hydroxylation is 2. The topological polar surface area (TPSA) is 92.1 Å². The van der Waals surface area contributed by atoms with Crippen molar-refractivity contribution in [2.75, 3.05) is 6.61 Å². The second-order valence-electron chi connectivity index (χ2n) is 9.75. The van der Waals surface area contributed by atoms with Crippen molar-refractivity contribution in [2.24, 2.45) is 13.0 Å². The molecule has 9 nitrogen and oxygen atoms in total. The molecule has 186 valence electrons. The Labute approximate surface area is 213 Å². The highest BCUT2D eigenvalue weighted by molar-refractivity contribution is 5.88. The minimum absolute atomic E-state index is 0.108. The fraction of sp³-hybridized carbons (Fsp3) is 0.250. The zero-order valence-corrected chi connectivity index (χ0v) is 21.2. The number of nitrogens with zero attached hydrogens (tertiary/aromatic N) is 7. The highest BCUT2D eigenvalue weighted by Gasteiger charge is 2.17. The van der Waals surface area contributed by atoms with Crippen LogP contribution < -0.4 is 10.3 Å². The Morgan fingerprint density at radius 1 is 1.00 bits per heavy atom. The maximum atomic E-state index is 13.6. The minimum atomic E-state index is -0.108. The van der Waals surface area contributed by atoms with Gasteiger partial charge in [0.1, 0.15) is 5.65 Å². The van der Waals surface area contributed by atoms with Crippen LogP contribution in [0.3, 0.4) is 0 Å². The average Bonchev–Trinajstić information content (AvgIpc) is 3.50. The van der Waals surface area contributed by atoms with Crippen LogP contribution in [-0.4, -0.2) is 40.5 Å². The van der Waals surface area contributed by atoms with Gasteiger partial charge in [0.2, 0.25) is 5.88 Å². The van der Waals surface area contributed by atoms with Crippen LogP contribution >= 0.6 is 0 Å². The van der Waals surface area contributed by atoms with Crippen molar-refractivity contribution in [2.45, 2.75) is 27.3 Å². The van der Waals surface area contributed by atoms with Crippen molar-refractivity contribution in [3.63, 3.8) is 0 Å². The van der Waals surface area contributed by atoms with Crippen molar-refractivity contribution in [3.8, 4) is 17.0 Å². The minimum Gasteiger partial charge on any atom is -0.477 e. The summed E-state index contributed by atoms with van der Waals surface area (Å²) in [6.45, 7) is 6.82. The number of aromatic nitrogens is 7. The normalized spacial score (nSPS) is 11.8. The van der Waals surface area contributed by atoms with Gasteiger partial charge in [0.05, 0.1) is 46.8 Å². The summed E-state index contributed by atoms with van der Waals surface area (Å²) >= 11 is 0. The molecule has 2 aromatic carbocycles. The lowest BCUT2D eigenvalue weighted by molar-refractivity contribution is 0.263. The first-order valence-electron chi connectivity index (χ1n) is 12.3. The third kappa shape index (κ3) is 4.12. The van der Waals surface area contributed by atoms with Gasteiger partial charge in [-0.2, -0.15) is 15.2 Å². The monoisotopic (exact) mass is 493 g/mol. The van der Waals surface area contributed by atoms with Crippen LogP contribution in [0.2, 0.25) is 0 Å². The summed E-state index contributed by atoms with van der Waals surface area (Å²) in [4.78, 5) is 23.2. The summed E-state index contributed by atoms with van der Waals surface area (Å²) in [6.07, 6.45) is 3.80. The molecule has 0 amide bonds. The molecule has 0 unspecified atom stereocenters. The van der Waals surface area contributed by atoms with E-state index in [0.29, 0.717) is 35.3 Å². The summed E-state index contributed by atoms with van der Waals surface area (Å²) in [5.74, 6) is 1.33. The maximum Gasteiger partial charge on any atom is 0.262 e. The lowest BCUT2D eigenvalue weighted by Gasteiger charge is -2.14. The van der Waals surface area contributed by atoms with E-state index in [1.165, 1.54) is 0 Å². The number of para-hydroxylation sites is 1. The zero-order chi connectivity index (χ0) is 25.7. The first-order valence-corrected chi connectivity index (χ1v) is 12.3. The summed E-state index contributed by atoms with van der Waals surface area (Å²) in [7, 11) is 1.89. The molecule has 6 aromatic rings. The largest absolute Gasteiger partial charge is 0.477 e. The highest BCUT2D eigenvalue weighted by atomic mass is 16.5. The van der Waals surface area contributed by atoms with Crippen LogP contribution in [0.1, 0.15) is 25.4 Å². The van der Waals surface area contributed by atoms with Gasteiger partial charge in [-0.05, 0) is 42.7 Å². The van der Waals surface area contributed by atoms with Crippen molar-refractivity contribution in [1.82, 2.24) is 33.9 Å². The average molecular weight is 494 g/mol. The lowest BCUT2D eigenvalue weighted by atomic mass is 10.1. The predicted octanol–water partition coefficient (Wildman–Crippen LogP) is 4.38. The number of ether oxygens (including phenoxy) is 1. The first-order chi connectivity index (χ1) is 17.9. The molecule has 0 aliphatic carbocycles. The van der Waals surface area contributed by atoms with E-state index in [0.717, 1.165) is 33.2 Å². The number of hydrogen-bond acceptors (Lipinski definition) is 6. The van der Waals surface area contributed by atoms with Gasteiger partial charge in [0.25, 0.3) is 5.56 Å². The lowest BCUT2D eigenvalue weighted by Crippen LogP contribution is -2.24. The molecule has 6 rings (SSSR count). The van der Waals surface area contributed by atoms with E-state index in [9.17, 15) is 4.79 Å². The van der Waals surface area contributed by atoms with Gasteiger partial charge in [-0.1, -0.05) is 32.0 Å². The molecule has 4 heterocycles. The Morgan fingerprint density at radius 3 is 2.62 bits per heavy atom. The molecule has 0 saturated heterocycles. The van der Waals surface area contributed by atoms with Crippen molar-refractivity contribution >= 4 is 27.5 Å². The molecule has 0 N–H and O–H groups in total. The number of fused-ring (bicyclic) bond motifs is 4. The molecule has 0 radical (unpaired) electrons. The van der Waals surface area contributed by atoms with Crippen LogP contribution in [0.5, 0.6) is 5.88 Å². The fourth-order valence-corrected chi connectivity index (χ4v) is 4.56. The van der Waals surface area contributed by atoms with Crippen LogP contribution in [-0.2, 0) is 13.6 Å². The number of rotatable bonds is 6. The quantitative estimate of drug-likeness (QED) is 0.342. The molecular formula is C28H27N7O2. The smallest absolute Gasteiger partial charge is 0.262 e. The Hall–Kier alpha value is -4.53. The molecule has 4 aromatic heterocycles. The molecule has 9 heteroatoms. The van der Waals surface area contributed by atoms with E-state index >= 15 is 0 Å². The molecule has 0 fully saturated rings. The van der Waals surface area contributed by atoms with Gasteiger partial charge in [-0.25, -0.2) is 9.50 Å². The van der Waals surface area contributed by atoms with Crippen LogP contribution in [0.15, 0.2) is 65.7 Å². The first kappa shape index (κ1) is 22.9. The second-order valence-corrected chi connectivity index (χ2v) is 9.75. The maximum absolute atomic E-state index is 13.6. The molecule has 0 spiro atoms. The van der Waals surface area contributed by atoms with Crippen molar-refractivity contribution in [3.05, 3.63) is 82.8 Å². The molecular weight excluding hydrogens is 466 g/mol. The van der Waals surface area contributed by atoms with E-state index in [-0.39, 0.29) is 12.1 Å². The number of benzene rings is 2. The van der Waals surface area contributed by atoms with Gasteiger partial charge in [0.15, 0.2) is 5.82 Å². The highest BCUT2D eigenvalue weighted by Crippen LogP contribution is 2.29. The van der Waals surface area contributed by atoms with Crippen LogP contribution in [0.4, 0.5) is 0 Å². The molecule has 0 atom stereocenters. The predicted molar refractivity (Wildman–Crippen MR) is 143 cm³/mol. The van der Waals surface area contributed by atoms with Gasteiger partial charge in [-0.15, -0.1) is 0 Å². The van der Waals surface area contributed by atoms with Crippen LogP contribution in [0.25, 0.3) is 38.6 Å². The Bertz CT molecular complexity index is 1850. The van der Waals surface area contributed by atoms with Gasteiger partial charge in [-0.3, -0.25) is 14.0 Å². The molecule has 0 saturated carbocycles. The van der Waals surface area contributed by atoms with E-state index in [2.05, 4.69) is 24.0 Å². The zero-order valence-electron chi connectivity index (χ0n) is 21.2. The second kappa shape index (κ2) is 8.85. The summed E-state index contributed by atoms with van der Waals surface area (Å²) in [5, 5.41) is 10.3. The summed E-state index contributed by atoms with van der Waals surface area (Å²) < 4.78 is 11.4. The third-order valence-electron chi connectivity index (χ3n) is 6.30. The summed E-state index contributed by atoms with van der Waals surface area (Å²) in [6, 6.07) is 15.4. The Kier molecular flexibility index (Phi) is 5.48. The molecule has 0 aliphatic heterocycles. The van der Waals surface area contributed by atoms with E-state index in [1.807, 2.05) is 79.4 Å². The fourth-order valence-electron chi connectivity index (χ4n) is 4.56. The SMILES string of the molecule is Cc1cc2n(Cc3nc(OCC(C)C)c4cc(-c5cnn(C)c5)ccc4n3)c(=O)c3ccccc3n2n1. The Morgan fingerprint density at radius 2 is 1.84 bits per heavy atom.